The molecule has 0 saturated heterocycles. The fraction of sp³-hybridized carbons (Fsp3) is 1.00. The van der Waals surface area contributed by atoms with E-state index in [0.29, 0.717) is 6.04 Å². The van der Waals surface area contributed by atoms with E-state index in [1.807, 2.05) is 0 Å². The van der Waals surface area contributed by atoms with Gasteiger partial charge in [-0.25, -0.2) is 0 Å². The standard InChI is InChI=1S/C11H21N/c1-7(2)11-8-3-4-9(11)6-10(12)5-8/h7-11H,3-6,12H2,1-2H3. The molecule has 70 valence electrons. The van der Waals surface area contributed by atoms with Gasteiger partial charge in [0, 0.05) is 6.04 Å². The van der Waals surface area contributed by atoms with E-state index in [2.05, 4.69) is 13.8 Å². The van der Waals surface area contributed by atoms with Crippen LogP contribution in [0.4, 0.5) is 0 Å². The van der Waals surface area contributed by atoms with Crippen molar-refractivity contribution in [2.75, 3.05) is 0 Å². The van der Waals surface area contributed by atoms with E-state index in [9.17, 15) is 0 Å². The molecule has 0 aromatic heterocycles. The lowest BCUT2D eigenvalue weighted by molar-refractivity contribution is 0.155. The summed E-state index contributed by atoms with van der Waals surface area (Å²) in [5.41, 5.74) is 6.02. The van der Waals surface area contributed by atoms with E-state index in [1.54, 1.807) is 0 Å². The normalized spacial score (nSPS) is 47.0. The molecule has 1 nitrogen and oxygen atoms in total. The van der Waals surface area contributed by atoms with Crippen LogP contribution < -0.4 is 5.73 Å². The highest BCUT2D eigenvalue weighted by atomic mass is 14.7. The molecular weight excluding hydrogens is 146 g/mol. The summed E-state index contributed by atoms with van der Waals surface area (Å²) in [6, 6.07) is 0.525. The third kappa shape index (κ3) is 1.28. The van der Waals surface area contributed by atoms with Crippen LogP contribution in [0, 0.1) is 23.7 Å². The van der Waals surface area contributed by atoms with Gasteiger partial charge in [-0.3, -0.25) is 0 Å². The maximum Gasteiger partial charge on any atom is 0.00443 e. The molecule has 2 unspecified atom stereocenters. The predicted molar refractivity (Wildman–Crippen MR) is 51.8 cm³/mol. The van der Waals surface area contributed by atoms with E-state index in [1.165, 1.54) is 25.7 Å². The third-order valence-corrected chi connectivity index (χ3v) is 3.98. The van der Waals surface area contributed by atoms with Crippen molar-refractivity contribution in [1.29, 1.82) is 0 Å². The van der Waals surface area contributed by atoms with Gasteiger partial charge in [0.15, 0.2) is 0 Å². The molecule has 2 rings (SSSR count). The maximum absolute atomic E-state index is 6.02. The Morgan fingerprint density at radius 1 is 1.08 bits per heavy atom. The highest BCUT2D eigenvalue weighted by molar-refractivity contribution is 4.94. The van der Waals surface area contributed by atoms with Crippen molar-refractivity contribution in [3.05, 3.63) is 0 Å². The van der Waals surface area contributed by atoms with Crippen molar-refractivity contribution in [1.82, 2.24) is 0 Å². The van der Waals surface area contributed by atoms with Crippen molar-refractivity contribution in [2.24, 2.45) is 29.4 Å². The summed E-state index contributed by atoms with van der Waals surface area (Å²) in [5.74, 6) is 3.83. The van der Waals surface area contributed by atoms with Gasteiger partial charge in [0.25, 0.3) is 0 Å². The van der Waals surface area contributed by atoms with Gasteiger partial charge in [-0.15, -0.1) is 0 Å². The first-order valence-electron chi connectivity index (χ1n) is 5.44. The van der Waals surface area contributed by atoms with Crippen LogP contribution in [-0.4, -0.2) is 6.04 Å². The lowest BCUT2D eigenvalue weighted by Crippen LogP contribution is -2.36. The quantitative estimate of drug-likeness (QED) is 0.637. The fourth-order valence-electron chi connectivity index (χ4n) is 3.71. The minimum atomic E-state index is 0.525. The average Bonchev–Trinajstić information content (AvgIpc) is 2.24. The van der Waals surface area contributed by atoms with E-state index in [4.69, 9.17) is 5.73 Å². The molecule has 0 amide bonds. The Labute approximate surface area is 75.7 Å². The van der Waals surface area contributed by atoms with Crippen molar-refractivity contribution < 1.29 is 0 Å². The molecule has 0 aliphatic heterocycles. The van der Waals surface area contributed by atoms with Crippen molar-refractivity contribution in [2.45, 2.75) is 45.6 Å². The summed E-state index contributed by atoms with van der Waals surface area (Å²) < 4.78 is 0. The highest BCUT2D eigenvalue weighted by Gasteiger charge is 2.42. The fourth-order valence-corrected chi connectivity index (χ4v) is 3.71. The average molecular weight is 167 g/mol. The number of hydrogen-bond donors (Lipinski definition) is 1. The van der Waals surface area contributed by atoms with E-state index in [0.717, 1.165) is 23.7 Å². The third-order valence-electron chi connectivity index (χ3n) is 3.98. The van der Waals surface area contributed by atoms with Crippen LogP contribution in [0.5, 0.6) is 0 Å². The first-order chi connectivity index (χ1) is 5.68. The summed E-state index contributed by atoms with van der Waals surface area (Å²) in [5, 5.41) is 0. The zero-order chi connectivity index (χ0) is 8.72. The van der Waals surface area contributed by atoms with Crippen molar-refractivity contribution in [3.63, 3.8) is 0 Å². The van der Waals surface area contributed by atoms with Crippen LogP contribution in [0.1, 0.15) is 39.5 Å². The number of rotatable bonds is 1. The monoisotopic (exact) mass is 167 g/mol. The Bertz CT molecular complexity index is 150. The molecule has 2 bridgehead atoms. The van der Waals surface area contributed by atoms with Crippen LogP contribution in [0.15, 0.2) is 0 Å². The SMILES string of the molecule is CC(C)C1C2CCC1CC(N)C2. The first kappa shape index (κ1) is 8.55. The molecule has 2 atom stereocenters. The molecule has 0 radical (unpaired) electrons. The lowest BCUT2D eigenvalue weighted by atomic mass is 9.71. The van der Waals surface area contributed by atoms with Crippen molar-refractivity contribution in [3.8, 4) is 0 Å². The molecule has 0 heterocycles. The molecule has 0 aromatic rings. The Kier molecular flexibility index (Phi) is 2.16. The first-order valence-corrected chi connectivity index (χ1v) is 5.44. The van der Waals surface area contributed by atoms with Crippen molar-refractivity contribution >= 4 is 0 Å². The zero-order valence-corrected chi connectivity index (χ0v) is 8.29. The second kappa shape index (κ2) is 3.02. The topological polar surface area (TPSA) is 26.0 Å². The van der Waals surface area contributed by atoms with E-state index < -0.39 is 0 Å². The molecule has 2 fully saturated rings. The predicted octanol–water partition coefficient (Wildman–Crippen LogP) is 2.41. The molecule has 2 saturated carbocycles. The molecular formula is C11H21N. The molecule has 2 N–H and O–H groups in total. The molecule has 0 spiro atoms. The zero-order valence-electron chi connectivity index (χ0n) is 8.29. The minimum Gasteiger partial charge on any atom is -0.328 e. The summed E-state index contributed by atoms with van der Waals surface area (Å²) in [6.45, 7) is 4.76. The van der Waals surface area contributed by atoms with Gasteiger partial charge in [-0.1, -0.05) is 13.8 Å². The summed E-state index contributed by atoms with van der Waals surface area (Å²) in [4.78, 5) is 0. The molecule has 12 heavy (non-hydrogen) atoms. The van der Waals surface area contributed by atoms with Crippen LogP contribution >= 0.6 is 0 Å². The summed E-state index contributed by atoms with van der Waals surface area (Å²) in [7, 11) is 0. The van der Waals surface area contributed by atoms with Crippen LogP contribution in [0.25, 0.3) is 0 Å². The van der Waals surface area contributed by atoms with Crippen LogP contribution in [0.3, 0.4) is 0 Å². The number of nitrogens with two attached hydrogens (primary N) is 1. The minimum absolute atomic E-state index is 0.525. The van der Waals surface area contributed by atoms with E-state index in [-0.39, 0.29) is 0 Å². The maximum atomic E-state index is 6.02. The lowest BCUT2D eigenvalue weighted by Gasteiger charge is -2.36. The van der Waals surface area contributed by atoms with Gasteiger partial charge in [0.2, 0.25) is 0 Å². The molecule has 0 aromatic carbocycles. The van der Waals surface area contributed by atoms with Gasteiger partial charge in [0.1, 0.15) is 0 Å². The smallest absolute Gasteiger partial charge is 0.00443 e. The van der Waals surface area contributed by atoms with Crippen LogP contribution in [-0.2, 0) is 0 Å². The Balaban J connectivity index is 2.09. The molecule has 1 heteroatoms. The second-order valence-corrected chi connectivity index (χ2v) is 5.15. The number of hydrogen-bond acceptors (Lipinski definition) is 1. The van der Waals surface area contributed by atoms with Gasteiger partial charge >= 0.3 is 0 Å². The molecule has 2 aliphatic carbocycles. The Hall–Kier alpha value is -0.0400. The van der Waals surface area contributed by atoms with Gasteiger partial charge in [-0.05, 0) is 49.4 Å². The highest BCUT2D eigenvalue weighted by Crippen LogP contribution is 2.49. The van der Waals surface area contributed by atoms with Gasteiger partial charge < -0.3 is 5.73 Å². The largest absolute Gasteiger partial charge is 0.328 e. The van der Waals surface area contributed by atoms with Crippen LogP contribution in [0.2, 0.25) is 0 Å². The van der Waals surface area contributed by atoms with E-state index >= 15 is 0 Å². The summed E-state index contributed by atoms with van der Waals surface area (Å²) in [6.07, 6.45) is 5.53. The number of fused-ring (bicyclic) bond motifs is 2. The molecule has 2 aliphatic rings. The second-order valence-electron chi connectivity index (χ2n) is 5.15. The Morgan fingerprint density at radius 3 is 2.00 bits per heavy atom. The Morgan fingerprint density at radius 2 is 1.58 bits per heavy atom. The van der Waals surface area contributed by atoms with Gasteiger partial charge in [0.05, 0.1) is 0 Å². The summed E-state index contributed by atoms with van der Waals surface area (Å²) >= 11 is 0. The van der Waals surface area contributed by atoms with Gasteiger partial charge in [-0.2, -0.15) is 0 Å².